The van der Waals surface area contributed by atoms with Gasteiger partial charge in [-0.2, -0.15) is 0 Å². The van der Waals surface area contributed by atoms with E-state index < -0.39 is 0 Å². The van der Waals surface area contributed by atoms with Crippen molar-refractivity contribution in [2.45, 2.75) is 20.0 Å². The Bertz CT molecular complexity index is 314. The second-order valence-electron chi connectivity index (χ2n) is 3.08. The number of ether oxygens (including phenoxy) is 1. The summed E-state index contributed by atoms with van der Waals surface area (Å²) < 4.78 is 4.95. The first-order valence-corrected chi connectivity index (χ1v) is 4.59. The molecule has 2 nitrogen and oxygen atoms in total. The molecular formula is C12H14O2. The summed E-state index contributed by atoms with van der Waals surface area (Å²) in [6, 6.07) is 9.90. The minimum atomic E-state index is -0.254. The van der Waals surface area contributed by atoms with Gasteiger partial charge in [0.25, 0.3) is 0 Å². The molecule has 74 valence electrons. The smallest absolute Gasteiger partial charge is 0.303 e. The van der Waals surface area contributed by atoms with E-state index in [9.17, 15) is 4.79 Å². The Kier molecular flexibility index (Phi) is 3.92. The van der Waals surface area contributed by atoms with E-state index in [2.05, 4.69) is 0 Å². The standard InChI is InChI=1S/C12H14O2/c1-10(14-11(2)13)8-9-12-6-4-3-5-7-12/h3-10H,1-2H3/t10-/m1/s1. The quantitative estimate of drug-likeness (QED) is 0.685. The molecule has 0 aliphatic heterocycles. The highest BCUT2D eigenvalue weighted by molar-refractivity contribution is 5.66. The van der Waals surface area contributed by atoms with Crippen molar-refractivity contribution in [1.29, 1.82) is 0 Å². The van der Waals surface area contributed by atoms with Gasteiger partial charge >= 0.3 is 5.97 Å². The lowest BCUT2D eigenvalue weighted by molar-refractivity contribution is -0.143. The van der Waals surface area contributed by atoms with Crippen molar-refractivity contribution in [3.05, 3.63) is 42.0 Å². The fraction of sp³-hybridized carbons (Fsp3) is 0.250. The first-order chi connectivity index (χ1) is 6.68. The van der Waals surface area contributed by atoms with Crippen LogP contribution in [0.15, 0.2) is 36.4 Å². The van der Waals surface area contributed by atoms with Crippen LogP contribution in [0.4, 0.5) is 0 Å². The Labute approximate surface area is 84.2 Å². The summed E-state index contributed by atoms with van der Waals surface area (Å²) in [4.78, 5) is 10.6. The number of esters is 1. The van der Waals surface area contributed by atoms with Gasteiger partial charge in [0.05, 0.1) is 0 Å². The third-order valence-electron chi connectivity index (χ3n) is 1.71. The monoisotopic (exact) mass is 190 g/mol. The second-order valence-corrected chi connectivity index (χ2v) is 3.08. The molecule has 0 aromatic heterocycles. The van der Waals surface area contributed by atoms with Crippen LogP contribution in [0.1, 0.15) is 19.4 Å². The fourth-order valence-corrected chi connectivity index (χ4v) is 1.11. The fourth-order valence-electron chi connectivity index (χ4n) is 1.11. The number of hydrogen-bond acceptors (Lipinski definition) is 2. The molecule has 0 amide bonds. The minimum absolute atomic E-state index is 0.173. The van der Waals surface area contributed by atoms with Crippen molar-refractivity contribution < 1.29 is 9.53 Å². The van der Waals surface area contributed by atoms with E-state index in [1.165, 1.54) is 6.92 Å². The summed E-state index contributed by atoms with van der Waals surface area (Å²) in [6.45, 7) is 3.24. The molecule has 1 atom stereocenters. The van der Waals surface area contributed by atoms with E-state index >= 15 is 0 Å². The summed E-state index contributed by atoms with van der Waals surface area (Å²) >= 11 is 0. The zero-order valence-electron chi connectivity index (χ0n) is 8.44. The van der Waals surface area contributed by atoms with Crippen molar-refractivity contribution in [2.75, 3.05) is 0 Å². The maximum absolute atomic E-state index is 10.6. The molecule has 1 aromatic carbocycles. The molecule has 0 heterocycles. The molecule has 0 spiro atoms. The third kappa shape index (κ3) is 3.90. The first kappa shape index (κ1) is 10.5. The van der Waals surface area contributed by atoms with E-state index in [1.807, 2.05) is 49.4 Å². The molecule has 14 heavy (non-hydrogen) atoms. The number of carbonyl (C=O) groups excluding carboxylic acids is 1. The highest BCUT2D eigenvalue weighted by atomic mass is 16.5. The average Bonchev–Trinajstić information content (AvgIpc) is 2.15. The van der Waals surface area contributed by atoms with Crippen molar-refractivity contribution in [3.63, 3.8) is 0 Å². The van der Waals surface area contributed by atoms with Crippen molar-refractivity contribution >= 4 is 12.0 Å². The lowest BCUT2D eigenvalue weighted by atomic mass is 10.2. The highest BCUT2D eigenvalue weighted by Gasteiger charge is 1.98. The van der Waals surface area contributed by atoms with Gasteiger partial charge in [-0.3, -0.25) is 4.79 Å². The molecule has 0 radical (unpaired) electrons. The zero-order valence-corrected chi connectivity index (χ0v) is 8.44. The molecule has 1 rings (SSSR count). The molecule has 0 aliphatic rings. The Hall–Kier alpha value is -1.57. The van der Waals surface area contributed by atoms with Crippen LogP contribution >= 0.6 is 0 Å². The van der Waals surface area contributed by atoms with Gasteiger partial charge in [0.1, 0.15) is 6.10 Å². The lowest BCUT2D eigenvalue weighted by Gasteiger charge is -2.05. The largest absolute Gasteiger partial charge is 0.459 e. The SMILES string of the molecule is CC(=O)O[C@H](C)C=Cc1ccccc1. The maximum Gasteiger partial charge on any atom is 0.303 e. The summed E-state index contributed by atoms with van der Waals surface area (Å²) in [5, 5.41) is 0. The normalized spacial score (nSPS) is 12.7. The van der Waals surface area contributed by atoms with Crippen LogP contribution in [0.2, 0.25) is 0 Å². The van der Waals surface area contributed by atoms with Gasteiger partial charge in [-0.1, -0.05) is 36.4 Å². The molecule has 0 bridgehead atoms. The van der Waals surface area contributed by atoms with Gasteiger partial charge in [0.2, 0.25) is 0 Å². The summed E-state index contributed by atoms with van der Waals surface area (Å²) in [5.41, 5.74) is 1.10. The molecule has 1 aromatic rings. The molecule has 0 fully saturated rings. The molecule has 0 N–H and O–H groups in total. The van der Waals surface area contributed by atoms with Crippen LogP contribution in [0.5, 0.6) is 0 Å². The maximum atomic E-state index is 10.6. The predicted octanol–water partition coefficient (Wildman–Crippen LogP) is 2.65. The number of hydrogen-bond donors (Lipinski definition) is 0. The second kappa shape index (κ2) is 5.22. The Balaban J connectivity index is 2.52. The Morgan fingerprint density at radius 2 is 2.00 bits per heavy atom. The molecule has 0 unspecified atom stereocenters. The molecule has 0 saturated carbocycles. The third-order valence-corrected chi connectivity index (χ3v) is 1.71. The molecular weight excluding hydrogens is 176 g/mol. The van der Waals surface area contributed by atoms with E-state index in [0.29, 0.717) is 0 Å². The van der Waals surface area contributed by atoms with Crippen LogP contribution in [-0.2, 0) is 9.53 Å². The number of benzene rings is 1. The van der Waals surface area contributed by atoms with E-state index in [-0.39, 0.29) is 12.1 Å². The summed E-state index contributed by atoms with van der Waals surface area (Å²) in [5.74, 6) is -0.254. The first-order valence-electron chi connectivity index (χ1n) is 4.59. The van der Waals surface area contributed by atoms with E-state index in [4.69, 9.17) is 4.74 Å². The van der Waals surface area contributed by atoms with Gasteiger partial charge in [-0.25, -0.2) is 0 Å². The number of carbonyl (C=O) groups is 1. The van der Waals surface area contributed by atoms with Gasteiger partial charge in [0.15, 0.2) is 0 Å². The average molecular weight is 190 g/mol. The minimum Gasteiger partial charge on any atom is -0.459 e. The van der Waals surface area contributed by atoms with Gasteiger partial charge < -0.3 is 4.74 Å². The topological polar surface area (TPSA) is 26.3 Å². The zero-order chi connectivity index (χ0) is 10.4. The Morgan fingerprint density at radius 1 is 1.36 bits per heavy atom. The lowest BCUT2D eigenvalue weighted by Crippen LogP contribution is -2.08. The predicted molar refractivity (Wildman–Crippen MR) is 56.7 cm³/mol. The Morgan fingerprint density at radius 3 is 2.57 bits per heavy atom. The molecule has 0 aliphatic carbocycles. The highest BCUT2D eigenvalue weighted by Crippen LogP contribution is 2.03. The van der Waals surface area contributed by atoms with Gasteiger partial charge in [-0.05, 0) is 18.6 Å². The van der Waals surface area contributed by atoms with Crippen LogP contribution in [0.3, 0.4) is 0 Å². The van der Waals surface area contributed by atoms with Gasteiger partial charge in [0, 0.05) is 6.92 Å². The number of rotatable bonds is 3. The van der Waals surface area contributed by atoms with Gasteiger partial charge in [-0.15, -0.1) is 0 Å². The van der Waals surface area contributed by atoms with Crippen LogP contribution in [-0.4, -0.2) is 12.1 Å². The van der Waals surface area contributed by atoms with Crippen LogP contribution in [0, 0.1) is 0 Å². The molecule has 2 heteroatoms. The van der Waals surface area contributed by atoms with E-state index in [1.54, 1.807) is 0 Å². The van der Waals surface area contributed by atoms with Crippen LogP contribution in [0.25, 0.3) is 6.08 Å². The van der Waals surface area contributed by atoms with Crippen molar-refractivity contribution in [1.82, 2.24) is 0 Å². The van der Waals surface area contributed by atoms with Crippen molar-refractivity contribution in [3.8, 4) is 0 Å². The van der Waals surface area contributed by atoms with Crippen LogP contribution < -0.4 is 0 Å². The summed E-state index contributed by atoms with van der Waals surface area (Å²) in [7, 11) is 0. The molecule has 0 saturated heterocycles. The van der Waals surface area contributed by atoms with Crippen molar-refractivity contribution in [2.24, 2.45) is 0 Å². The summed E-state index contributed by atoms with van der Waals surface area (Å²) in [6.07, 6.45) is 3.62. The van der Waals surface area contributed by atoms with E-state index in [0.717, 1.165) is 5.56 Å².